The van der Waals surface area contributed by atoms with E-state index in [0.717, 1.165) is 0 Å². The summed E-state index contributed by atoms with van der Waals surface area (Å²) in [7, 11) is -1.17. The third-order valence-electron chi connectivity index (χ3n) is 7.28. The Labute approximate surface area is 260 Å². The first-order valence-electron chi connectivity index (χ1n) is 13.4. The molecule has 4 aromatic rings. The van der Waals surface area contributed by atoms with Crippen molar-refractivity contribution >= 4 is 60.7 Å². The van der Waals surface area contributed by atoms with Crippen molar-refractivity contribution in [3.63, 3.8) is 0 Å². The molecule has 18 nitrogen and oxygen atoms in total. The molecule has 21 heteroatoms. The Hall–Kier alpha value is -3.35. The first kappa shape index (κ1) is 31.6. The number of rotatable bonds is 12. The van der Waals surface area contributed by atoms with Gasteiger partial charge in [0, 0.05) is 17.4 Å². The first-order chi connectivity index (χ1) is 21.5. The third-order valence-corrected chi connectivity index (χ3v) is 9.53. The lowest BCUT2D eigenvalue weighted by molar-refractivity contribution is -0.0405. The van der Waals surface area contributed by atoms with Gasteiger partial charge in [-0.2, -0.15) is 0 Å². The molecule has 7 atom stereocenters. The first-order valence-corrected chi connectivity index (χ1v) is 17.1. The molecule has 45 heavy (non-hydrogen) atoms. The number of amides is 1. The second kappa shape index (κ2) is 12.8. The Morgan fingerprint density at radius 2 is 2.07 bits per heavy atom. The van der Waals surface area contributed by atoms with E-state index in [9.17, 15) is 14.3 Å². The summed E-state index contributed by atoms with van der Waals surface area (Å²) in [5.41, 5.74) is 14.0. The van der Waals surface area contributed by atoms with E-state index >= 15 is 0 Å². The van der Waals surface area contributed by atoms with Gasteiger partial charge < -0.3 is 34.9 Å². The Kier molecular flexibility index (Phi) is 9.00. The second-order valence-electron chi connectivity index (χ2n) is 10.1. The highest BCUT2D eigenvalue weighted by Gasteiger charge is 2.43. The number of primary amides is 1. The van der Waals surface area contributed by atoms with E-state index in [1.807, 2.05) is 0 Å². The smallest absolute Gasteiger partial charge is 0.382 e. The average Bonchev–Trinajstić information content (AvgIpc) is 3.79. The van der Waals surface area contributed by atoms with Crippen LogP contribution in [0.25, 0.3) is 22.2 Å². The molecule has 0 saturated carbocycles. The highest BCUT2D eigenvalue weighted by atomic mass is 32.5. The molecule has 238 valence electrons. The van der Waals surface area contributed by atoms with Crippen LogP contribution in [0.4, 0.5) is 5.82 Å². The number of nitrogens with two attached hydrogens (primary N) is 2. The molecule has 3 aromatic heterocycles. The van der Waals surface area contributed by atoms with Crippen LogP contribution in [0.2, 0.25) is 0 Å². The summed E-state index contributed by atoms with van der Waals surface area (Å²) < 4.78 is 48.7. The van der Waals surface area contributed by atoms with Gasteiger partial charge in [-0.25, -0.2) is 19.6 Å². The Morgan fingerprint density at radius 1 is 1.24 bits per heavy atom. The molecule has 6 rings (SSSR count). The summed E-state index contributed by atoms with van der Waals surface area (Å²) in [6.07, 6.45) is -0.271. The molecule has 2 saturated heterocycles. The Balaban J connectivity index is 1.13. The van der Waals surface area contributed by atoms with Gasteiger partial charge in [-0.1, -0.05) is 17.9 Å². The van der Waals surface area contributed by atoms with Crippen LogP contribution in [0, 0.1) is 0 Å². The van der Waals surface area contributed by atoms with Gasteiger partial charge in [-0.3, -0.25) is 9.36 Å². The highest BCUT2D eigenvalue weighted by Crippen LogP contribution is 2.50. The molecule has 0 radical (unpaired) electrons. The van der Waals surface area contributed by atoms with Gasteiger partial charge in [0.25, 0.3) is 5.91 Å². The molecule has 1 aromatic carbocycles. The number of hydrogen-bond acceptors (Lipinski definition) is 15. The maximum Gasteiger partial charge on any atom is 0.697 e. The topological polar surface area (TPSA) is 236 Å². The zero-order valence-electron chi connectivity index (χ0n) is 23.6. The number of aromatic nitrogens is 7. The maximum absolute atomic E-state index is 11.8. The number of benzene rings is 1. The van der Waals surface area contributed by atoms with Gasteiger partial charge in [-0.15, -0.1) is 14.1 Å². The summed E-state index contributed by atoms with van der Waals surface area (Å²) in [6.45, 7) is -0.191. The summed E-state index contributed by atoms with van der Waals surface area (Å²) in [4.78, 5) is 35.3. The van der Waals surface area contributed by atoms with Crippen molar-refractivity contribution in [2.45, 2.75) is 43.6 Å². The minimum Gasteiger partial charge on any atom is -0.382 e. The van der Waals surface area contributed by atoms with Crippen LogP contribution in [-0.4, -0.2) is 83.9 Å². The van der Waals surface area contributed by atoms with Crippen LogP contribution >= 0.6 is 15.0 Å². The van der Waals surface area contributed by atoms with E-state index in [2.05, 4.69) is 31.8 Å². The van der Waals surface area contributed by atoms with E-state index in [-0.39, 0.29) is 31.0 Å². The SMILES string of the molecule is C=C1C[C@H](n2nnc3c(C(N)=O)cccc32)O[C@@H]1COP(O)(=S)O[C@H]1C[C@H](n2cnc3c(N)ncnc32)O[C@@H]1CO[P+](=O)OC. The summed E-state index contributed by atoms with van der Waals surface area (Å²) in [5, 5.41) is 8.24. The van der Waals surface area contributed by atoms with Crippen molar-refractivity contribution in [3.05, 3.63) is 48.6 Å². The van der Waals surface area contributed by atoms with Crippen LogP contribution < -0.4 is 11.5 Å². The lowest BCUT2D eigenvalue weighted by atomic mass is 10.1. The maximum atomic E-state index is 11.8. The number of carbonyl (C=O) groups excluding carboxylic acids is 1. The van der Waals surface area contributed by atoms with E-state index < -0.39 is 51.6 Å². The summed E-state index contributed by atoms with van der Waals surface area (Å²) >= 11 is 5.34. The molecule has 0 aliphatic carbocycles. The van der Waals surface area contributed by atoms with Gasteiger partial charge in [0.1, 0.15) is 48.5 Å². The molecule has 5 N–H and O–H groups in total. The number of hydrogen-bond donors (Lipinski definition) is 3. The van der Waals surface area contributed by atoms with Crippen molar-refractivity contribution in [3.8, 4) is 0 Å². The van der Waals surface area contributed by atoms with Crippen LogP contribution in [-0.2, 0) is 43.9 Å². The minimum absolute atomic E-state index is 0.168. The zero-order valence-corrected chi connectivity index (χ0v) is 26.2. The lowest BCUT2D eigenvalue weighted by Crippen LogP contribution is -2.28. The van der Waals surface area contributed by atoms with E-state index in [0.29, 0.717) is 34.2 Å². The van der Waals surface area contributed by atoms with Crippen molar-refractivity contribution < 1.29 is 41.8 Å². The molecule has 2 fully saturated rings. The largest absolute Gasteiger partial charge is 0.697 e. The molecule has 5 heterocycles. The van der Waals surface area contributed by atoms with Crippen molar-refractivity contribution in [2.75, 3.05) is 26.1 Å². The Morgan fingerprint density at radius 3 is 2.84 bits per heavy atom. The van der Waals surface area contributed by atoms with Crippen molar-refractivity contribution in [1.29, 1.82) is 0 Å². The number of ether oxygens (including phenoxy) is 2. The molecule has 0 spiro atoms. The van der Waals surface area contributed by atoms with E-state index in [4.69, 9.17) is 50.8 Å². The standard InChI is InChI=1S/C24H27N9O9P2S/c1-12-6-19(33-14-5-3-4-13(23(26)34)20(14)30-31-33)40-16(12)9-39-44(36,45)42-15-7-18(41-17(15)8-38-43(35)37-2)32-11-29-21-22(25)27-10-28-24(21)32/h3-5,10-11,15-19H,1,6-9H2,2H3,(H4-,25,26,27,28,34,36,45)/p+1/t15-,16+,17+,18+,19+,44?/m0/s1. The predicted octanol–water partition coefficient (Wildman–Crippen LogP) is 2.02. The van der Waals surface area contributed by atoms with Crippen LogP contribution in [0.1, 0.15) is 35.7 Å². The summed E-state index contributed by atoms with van der Waals surface area (Å²) in [5.74, 6) is -0.423. The molecular formula is C24H28N9O9P2S+. The van der Waals surface area contributed by atoms with Crippen LogP contribution in [0.5, 0.6) is 0 Å². The molecular weight excluding hydrogens is 652 g/mol. The minimum atomic E-state index is -3.89. The van der Waals surface area contributed by atoms with Gasteiger partial charge in [0.05, 0.1) is 31.1 Å². The molecule has 2 aliphatic heterocycles. The number of nitrogens with zero attached hydrogens (tertiary/aromatic N) is 7. The fourth-order valence-corrected chi connectivity index (χ4v) is 6.97. The average molecular weight is 681 g/mol. The molecule has 1 amide bonds. The monoisotopic (exact) mass is 680 g/mol. The number of nitrogen functional groups attached to an aromatic ring is 1. The highest BCUT2D eigenvalue weighted by molar-refractivity contribution is 8.07. The van der Waals surface area contributed by atoms with Gasteiger partial charge in [0.2, 0.25) is 0 Å². The fourth-order valence-electron chi connectivity index (χ4n) is 5.13. The van der Waals surface area contributed by atoms with Crippen LogP contribution in [0.3, 0.4) is 0 Å². The molecule has 2 unspecified atom stereocenters. The van der Waals surface area contributed by atoms with Crippen molar-refractivity contribution in [2.24, 2.45) is 5.73 Å². The normalized spacial score (nSPS) is 25.2. The van der Waals surface area contributed by atoms with Gasteiger partial charge in [-0.05, 0) is 29.5 Å². The molecule has 2 aliphatic rings. The number of fused-ring (bicyclic) bond motifs is 2. The predicted molar refractivity (Wildman–Crippen MR) is 160 cm³/mol. The third kappa shape index (κ3) is 6.50. The number of carbonyl (C=O) groups is 1. The lowest BCUT2D eigenvalue weighted by Gasteiger charge is -2.24. The number of imidazole rings is 1. The Bertz CT molecular complexity index is 1840. The van der Waals surface area contributed by atoms with Crippen LogP contribution in [0.15, 0.2) is 43.0 Å². The summed E-state index contributed by atoms with van der Waals surface area (Å²) in [6, 6.07) is 4.98. The number of anilines is 1. The second-order valence-corrected chi connectivity index (χ2v) is 13.9. The van der Waals surface area contributed by atoms with E-state index in [1.165, 1.54) is 24.4 Å². The fraction of sp³-hybridized carbons (Fsp3) is 0.417. The van der Waals surface area contributed by atoms with Crippen molar-refractivity contribution in [1.82, 2.24) is 34.5 Å². The van der Waals surface area contributed by atoms with Gasteiger partial charge in [0.15, 0.2) is 17.7 Å². The van der Waals surface area contributed by atoms with E-state index in [1.54, 1.807) is 22.8 Å². The quantitative estimate of drug-likeness (QED) is 0.143. The van der Waals surface area contributed by atoms with Gasteiger partial charge >= 0.3 is 15.0 Å². The zero-order chi connectivity index (χ0) is 31.9. The molecule has 0 bridgehead atoms.